The Morgan fingerprint density at radius 1 is 1.00 bits per heavy atom. The predicted molar refractivity (Wildman–Crippen MR) is 121 cm³/mol. The van der Waals surface area contributed by atoms with Crippen molar-refractivity contribution in [1.82, 2.24) is 9.80 Å². The van der Waals surface area contributed by atoms with Crippen LogP contribution in [0.4, 0.5) is 0 Å². The van der Waals surface area contributed by atoms with E-state index in [9.17, 15) is 19.2 Å². The molecule has 1 fully saturated rings. The van der Waals surface area contributed by atoms with Crippen LogP contribution in [0.3, 0.4) is 0 Å². The van der Waals surface area contributed by atoms with Crippen molar-refractivity contribution in [2.75, 3.05) is 19.8 Å². The number of rotatable bonds is 7. The molecule has 0 N–H and O–H groups in total. The van der Waals surface area contributed by atoms with Gasteiger partial charge in [-0.1, -0.05) is 19.3 Å². The average molecular weight is 475 g/mol. The van der Waals surface area contributed by atoms with Crippen LogP contribution in [0, 0.1) is 0 Å². The molecule has 1 aliphatic carbocycles. The molecule has 11 nitrogen and oxygen atoms in total. The molecule has 0 aromatic carbocycles. The molecule has 0 saturated heterocycles. The number of carbonyl (C=O) groups excluding carboxylic acids is 4. The van der Waals surface area contributed by atoms with Gasteiger partial charge in [0.2, 0.25) is 5.96 Å². The van der Waals surface area contributed by atoms with E-state index in [4.69, 9.17) is 14.2 Å². The molecule has 0 aromatic heterocycles. The van der Waals surface area contributed by atoms with E-state index in [-0.39, 0.29) is 37.2 Å². The van der Waals surface area contributed by atoms with Crippen molar-refractivity contribution in [1.29, 1.82) is 0 Å². The molecule has 0 aromatic rings. The molecule has 2 aliphatic heterocycles. The van der Waals surface area contributed by atoms with E-state index in [1.165, 1.54) is 16.0 Å². The zero-order valence-electron chi connectivity index (χ0n) is 19.7. The lowest BCUT2D eigenvalue weighted by molar-refractivity contribution is -0.160. The van der Waals surface area contributed by atoms with Gasteiger partial charge >= 0.3 is 23.8 Å². The van der Waals surface area contributed by atoms with Crippen LogP contribution >= 0.6 is 0 Å². The van der Waals surface area contributed by atoms with Gasteiger partial charge in [0.15, 0.2) is 11.9 Å². The fraction of sp³-hybridized carbons (Fsp3) is 0.565. The van der Waals surface area contributed by atoms with Gasteiger partial charge in [-0.3, -0.25) is 14.6 Å². The van der Waals surface area contributed by atoms with E-state index < -0.39 is 35.9 Å². The van der Waals surface area contributed by atoms with Gasteiger partial charge in [-0.2, -0.15) is 4.99 Å². The molecule has 3 aliphatic rings. The quantitative estimate of drug-likeness (QED) is 0.310. The van der Waals surface area contributed by atoms with Gasteiger partial charge in [0.05, 0.1) is 19.8 Å². The van der Waals surface area contributed by atoms with Crippen molar-refractivity contribution in [3.8, 4) is 0 Å². The van der Waals surface area contributed by atoms with E-state index in [1.807, 2.05) is 0 Å². The highest BCUT2D eigenvalue weighted by molar-refractivity contribution is 6.33. The van der Waals surface area contributed by atoms with Crippen molar-refractivity contribution in [3.63, 3.8) is 0 Å². The fourth-order valence-electron chi connectivity index (χ4n) is 4.19. The molecular weight excluding hydrogens is 444 g/mol. The first-order valence-corrected chi connectivity index (χ1v) is 11.6. The van der Waals surface area contributed by atoms with Crippen molar-refractivity contribution >= 4 is 36.0 Å². The summed E-state index contributed by atoms with van der Waals surface area (Å²) in [5, 5.41) is 0. The van der Waals surface area contributed by atoms with Gasteiger partial charge in [-0.15, -0.1) is 0 Å². The second-order valence-corrected chi connectivity index (χ2v) is 7.74. The van der Waals surface area contributed by atoms with Crippen molar-refractivity contribution in [2.24, 2.45) is 9.98 Å². The monoisotopic (exact) mass is 474 g/mol. The summed E-state index contributed by atoms with van der Waals surface area (Å²) in [5.41, 5.74) is -0.186. The summed E-state index contributed by atoms with van der Waals surface area (Å²) >= 11 is 0. The van der Waals surface area contributed by atoms with Crippen LogP contribution in [0.5, 0.6) is 0 Å². The Morgan fingerprint density at radius 2 is 1.68 bits per heavy atom. The third kappa shape index (κ3) is 5.18. The number of carbonyl (C=O) groups is 4. The minimum absolute atomic E-state index is 0.00962. The molecule has 3 rings (SSSR count). The number of guanidine groups is 1. The topological polar surface area (TPSA) is 127 Å². The largest absolute Gasteiger partial charge is 0.464 e. The number of nitrogens with zero attached hydrogens (tertiary/aromatic N) is 4. The number of hydrogen-bond donors (Lipinski definition) is 0. The number of allylic oxidation sites excluding steroid dienone is 1. The normalized spacial score (nSPS) is 19.8. The Balaban J connectivity index is 2.23. The summed E-state index contributed by atoms with van der Waals surface area (Å²) in [5.74, 6) is -3.64. The predicted octanol–water partition coefficient (Wildman–Crippen LogP) is 1.69. The van der Waals surface area contributed by atoms with Crippen LogP contribution in [0.2, 0.25) is 0 Å². The molecule has 1 saturated carbocycles. The Labute approximate surface area is 198 Å². The fourth-order valence-corrected chi connectivity index (χ4v) is 4.19. The Hall–Kier alpha value is -3.50. The van der Waals surface area contributed by atoms with Gasteiger partial charge in [0.25, 0.3) is 0 Å². The average Bonchev–Trinajstić information content (AvgIpc) is 2.84. The molecule has 1 atom stereocenters. The summed E-state index contributed by atoms with van der Waals surface area (Å²) in [4.78, 5) is 63.4. The second-order valence-electron chi connectivity index (χ2n) is 7.74. The molecule has 2 heterocycles. The van der Waals surface area contributed by atoms with Crippen molar-refractivity contribution in [2.45, 2.75) is 65.0 Å². The minimum Gasteiger partial charge on any atom is -0.464 e. The first-order chi connectivity index (χ1) is 16.4. The van der Waals surface area contributed by atoms with Gasteiger partial charge in [0, 0.05) is 18.5 Å². The van der Waals surface area contributed by atoms with Crippen LogP contribution in [0.1, 0.15) is 52.9 Å². The van der Waals surface area contributed by atoms with Gasteiger partial charge in [-0.05, 0) is 39.7 Å². The highest BCUT2D eigenvalue weighted by Crippen LogP contribution is 2.34. The minimum atomic E-state index is -1.30. The number of esters is 3. The lowest BCUT2D eigenvalue weighted by atomic mass is 9.93. The SMILES string of the molecule is CCOC(=O)C(=O)N(C1=C(C(=O)OCC)C(C(=O)OCC)N2C=CC=NC2=N1)C1CCCCC1. The molecule has 184 valence electrons. The maximum absolute atomic E-state index is 13.3. The highest BCUT2D eigenvalue weighted by Gasteiger charge is 2.46. The van der Waals surface area contributed by atoms with Crippen LogP contribution in [-0.4, -0.2) is 77.7 Å². The standard InChI is InChI=1S/C23H30N4O7/c1-4-32-20(29)16-17(21(30)33-5-2)26-14-10-13-24-23(26)25-18(16)27(15-11-8-7-9-12-15)19(28)22(31)34-6-3/h10,13-15,17H,4-9,11-12H2,1-3H3. The lowest BCUT2D eigenvalue weighted by Crippen LogP contribution is -2.53. The number of ether oxygens (including phenoxy) is 3. The van der Waals surface area contributed by atoms with Gasteiger partial charge in [-0.25, -0.2) is 19.4 Å². The first-order valence-electron chi connectivity index (χ1n) is 11.6. The van der Waals surface area contributed by atoms with Crippen molar-refractivity contribution in [3.05, 3.63) is 23.7 Å². The van der Waals surface area contributed by atoms with Gasteiger partial charge < -0.3 is 14.2 Å². The summed E-state index contributed by atoms with van der Waals surface area (Å²) in [6.45, 7) is 4.98. The van der Waals surface area contributed by atoms with E-state index in [1.54, 1.807) is 33.0 Å². The van der Waals surface area contributed by atoms with Crippen LogP contribution < -0.4 is 0 Å². The van der Waals surface area contributed by atoms with Crippen LogP contribution in [-0.2, 0) is 33.4 Å². The number of hydrogen-bond acceptors (Lipinski definition) is 10. The first kappa shape index (κ1) is 25.1. The molecule has 34 heavy (non-hydrogen) atoms. The summed E-state index contributed by atoms with van der Waals surface area (Å²) < 4.78 is 15.5. The second kappa shape index (κ2) is 11.6. The molecule has 0 spiro atoms. The molecule has 0 radical (unpaired) electrons. The summed E-state index contributed by atoms with van der Waals surface area (Å²) in [7, 11) is 0. The molecule has 0 bridgehead atoms. The van der Waals surface area contributed by atoms with Crippen molar-refractivity contribution < 1.29 is 33.4 Å². The van der Waals surface area contributed by atoms with E-state index in [2.05, 4.69) is 9.98 Å². The Kier molecular flexibility index (Phi) is 8.55. The van der Waals surface area contributed by atoms with Gasteiger partial charge in [0.1, 0.15) is 5.57 Å². The van der Waals surface area contributed by atoms with Crippen LogP contribution in [0.25, 0.3) is 0 Å². The maximum atomic E-state index is 13.3. The van der Waals surface area contributed by atoms with E-state index in [0.29, 0.717) is 12.8 Å². The third-order valence-corrected chi connectivity index (χ3v) is 5.59. The maximum Gasteiger partial charge on any atom is 0.397 e. The number of fused-ring (bicyclic) bond motifs is 1. The molecule has 11 heteroatoms. The molecular formula is C23H30N4O7. The molecule has 1 amide bonds. The highest BCUT2D eigenvalue weighted by atomic mass is 16.5. The summed E-state index contributed by atoms with van der Waals surface area (Å²) in [6, 6.07) is -1.71. The number of aliphatic imine (C=N–C) groups is 2. The smallest absolute Gasteiger partial charge is 0.397 e. The number of amides is 1. The lowest BCUT2D eigenvalue weighted by Gasteiger charge is -2.39. The molecule has 1 unspecified atom stereocenters. The zero-order valence-corrected chi connectivity index (χ0v) is 19.7. The zero-order chi connectivity index (χ0) is 24.7. The summed E-state index contributed by atoms with van der Waals surface area (Å²) in [6.07, 6.45) is 8.48. The Bertz CT molecular complexity index is 947. The van der Waals surface area contributed by atoms with E-state index in [0.717, 1.165) is 19.3 Å². The third-order valence-electron chi connectivity index (χ3n) is 5.59. The van der Waals surface area contributed by atoms with E-state index >= 15 is 0 Å². The Morgan fingerprint density at radius 3 is 2.32 bits per heavy atom. The van der Waals surface area contributed by atoms with Crippen LogP contribution in [0.15, 0.2) is 33.7 Å².